The number of rotatable bonds is 5. The van der Waals surface area contributed by atoms with Crippen LogP contribution in [-0.4, -0.2) is 29.5 Å². The summed E-state index contributed by atoms with van der Waals surface area (Å²) in [6, 6.07) is 4.53. The molecule has 0 radical (unpaired) electrons. The van der Waals surface area contributed by atoms with Crippen molar-refractivity contribution in [1.29, 1.82) is 0 Å². The van der Waals surface area contributed by atoms with Crippen molar-refractivity contribution < 1.29 is 9.72 Å². The monoisotopic (exact) mass is 357 g/mol. The average Bonchev–Trinajstić information content (AvgIpc) is 2.34. The largest absolute Gasteiger partial charge is 0.362 e. The number of non-ortho nitro benzene ring substituents is 1. The molecule has 1 N–H and O–H groups in total. The lowest BCUT2D eigenvalue weighted by atomic mass is 10.1. The molecule has 0 heterocycles. The Kier molecular flexibility index (Phi) is 5.71. The maximum Gasteiger partial charge on any atom is 0.270 e. The number of anilines is 1. The first kappa shape index (κ1) is 17.4. The number of amides is 1. The number of carbonyl (C=O) groups is 1. The van der Waals surface area contributed by atoms with Crippen LogP contribution >= 0.6 is 15.9 Å². The van der Waals surface area contributed by atoms with E-state index in [1.54, 1.807) is 6.07 Å². The van der Waals surface area contributed by atoms with Crippen LogP contribution in [0, 0.1) is 10.1 Å². The molecule has 0 unspecified atom stereocenters. The summed E-state index contributed by atoms with van der Waals surface area (Å²) in [4.78, 5) is 24.2. The zero-order valence-electron chi connectivity index (χ0n) is 12.6. The Balaban J connectivity index is 2.90. The molecule has 1 aromatic rings. The van der Waals surface area contributed by atoms with Gasteiger partial charge in [0.15, 0.2) is 0 Å². The standard InChI is InChI=1S/C14H20BrN3O3/c1-5-17(9-13(19)16-14(2,3)4)12-7-6-10(18(20)21)8-11(12)15/h6-8H,5,9H2,1-4H3,(H,16,19). The van der Waals surface area contributed by atoms with Gasteiger partial charge in [-0.1, -0.05) is 0 Å². The number of nitrogens with zero attached hydrogens (tertiary/aromatic N) is 2. The van der Waals surface area contributed by atoms with Gasteiger partial charge in [-0.25, -0.2) is 0 Å². The zero-order valence-corrected chi connectivity index (χ0v) is 14.2. The highest BCUT2D eigenvalue weighted by atomic mass is 79.9. The van der Waals surface area contributed by atoms with Crippen molar-refractivity contribution in [3.8, 4) is 0 Å². The van der Waals surface area contributed by atoms with Crippen LogP contribution < -0.4 is 10.2 Å². The fourth-order valence-corrected chi connectivity index (χ4v) is 2.48. The summed E-state index contributed by atoms with van der Waals surface area (Å²) >= 11 is 3.33. The van der Waals surface area contributed by atoms with E-state index >= 15 is 0 Å². The topological polar surface area (TPSA) is 75.5 Å². The predicted molar refractivity (Wildman–Crippen MR) is 86.6 cm³/mol. The van der Waals surface area contributed by atoms with Crippen LogP contribution in [0.1, 0.15) is 27.7 Å². The van der Waals surface area contributed by atoms with Crippen LogP contribution in [-0.2, 0) is 4.79 Å². The van der Waals surface area contributed by atoms with Gasteiger partial charge in [0.1, 0.15) is 0 Å². The summed E-state index contributed by atoms with van der Waals surface area (Å²) in [6.45, 7) is 8.51. The predicted octanol–water partition coefficient (Wildman–Crippen LogP) is 3.10. The van der Waals surface area contributed by atoms with Gasteiger partial charge < -0.3 is 10.2 Å². The van der Waals surface area contributed by atoms with Gasteiger partial charge in [-0.15, -0.1) is 0 Å². The molecule has 0 aromatic heterocycles. The van der Waals surface area contributed by atoms with E-state index in [2.05, 4.69) is 21.2 Å². The Morgan fingerprint density at radius 3 is 2.48 bits per heavy atom. The lowest BCUT2D eigenvalue weighted by Crippen LogP contribution is -2.46. The maximum atomic E-state index is 12.0. The van der Waals surface area contributed by atoms with Gasteiger partial charge in [-0.3, -0.25) is 14.9 Å². The number of likely N-dealkylation sites (N-methyl/N-ethyl adjacent to an activating group) is 1. The van der Waals surface area contributed by atoms with E-state index in [0.717, 1.165) is 5.69 Å². The molecule has 0 aliphatic carbocycles. The average molecular weight is 358 g/mol. The molecule has 21 heavy (non-hydrogen) atoms. The lowest BCUT2D eigenvalue weighted by molar-refractivity contribution is -0.384. The molecule has 0 bridgehead atoms. The second-order valence-electron chi connectivity index (χ2n) is 5.71. The van der Waals surface area contributed by atoms with Crippen LogP contribution in [0.3, 0.4) is 0 Å². The number of nitrogens with one attached hydrogen (secondary N) is 1. The minimum atomic E-state index is -0.447. The van der Waals surface area contributed by atoms with Crippen molar-refractivity contribution in [2.45, 2.75) is 33.2 Å². The van der Waals surface area contributed by atoms with Gasteiger partial charge in [0.05, 0.1) is 17.2 Å². The highest BCUT2D eigenvalue weighted by Crippen LogP contribution is 2.30. The molecule has 1 aromatic carbocycles. The summed E-state index contributed by atoms with van der Waals surface area (Å²) < 4.78 is 0.599. The molecule has 116 valence electrons. The fraction of sp³-hybridized carbons (Fsp3) is 0.500. The quantitative estimate of drug-likeness (QED) is 0.648. The highest BCUT2D eigenvalue weighted by Gasteiger charge is 2.18. The van der Waals surface area contributed by atoms with Crippen LogP contribution in [0.4, 0.5) is 11.4 Å². The first-order valence-electron chi connectivity index (χ1n) is 6.64. The number of hydrogen-bond acceptors (Lipinski definition) is 4. The highest BCUT2D eigenvalue weighted by molar-refractivity contribution is 9.10. The molecule has 0 saturated carbocycles. The van der Waals surface area contributed by atoms with Crippen molar-refractivity contribution in [1.82, 2.24) is 5.32 Å². The van der Waals surface area contributed by atoms with E-state index in [-0.39, 0.29) is 23.7 Å². The van der Waals surface area contributed by atoms with Gasteiger partial charge in [-0.2, -0.15) is 0 Å². The van der Waals surface area contributed by atoms with Crippen molar-refractivity contribution in [3.63, 3.8) is 0 Å². The molecular weight excluding hydrogens is 338 g/mol. The molecule has 0 atom stereocenters. The van der Waals surface area contributed by atoms with E-state index in [4.69, 9.17) is 0 Å². The van der Waals surface area contributed by atoms with E-state index in [1.807, 2.05) is 32.6 Å². The van der Waals surface area contributed by atoms with Gasteiger partial charge in [0.25, 0.3) is 5.69 Å². The Morgan fingerprint density at radius 1 is 1.43 bits per heavy atom. The number of nitro benzene ring substituents is 1. The Hall–Kier alpha value is -1.63. The summed E-state index contributed by atoms with van der Waals surface area (Å²) in [6.07, 6.45) is 0. The minimum absolute atomic E-state index is 0.0146. The fourth-order valence-electron chi connectivity index (χ4n) is 1.86. The molecule has 7 heteroatoms. The molecule has 1 rings (SSSR count). The molecular formula is C14H20BrN3O3. The van der Waals surface area contributed by atoms with Crippen molar-refractivity contribution in [2.75, 3.05) is 18.0 Å². The molecule has 0 spiro atoms. The Labute approximate surface area is 132 Å². The van der Waals surface area contributed by atoms with E-state index in [9.17, 15) is 14.9 Å². The van der Waals surface area contributed by atoms with Gasteiger partial charge in [-0.05, 0) is 49.7 Å². The summed E-state index contributed by atoms with van der Waals surface area (Å²) in [5.41, 5.74) is 0.483. The summed E-state index contributed by atoms with van der Waals surface area (Å²) in [5, 5.41) is 13.6. The van der Waals surface area contributed by atoms with Crippen molar-refractivity contribution in [2.24, 2.45) is 0 Å². The van der Waals surface area contributed by atoms with Gasteiger partial charge in [0.2, 0.25) is 5.91 Å². The van der Waals surface area contributed by atoms with E-state index < -0.39 is 4.92 Å². The second-order valence-corrected chi connectivity index (χ2v) is 6.56. The molecule has 0 aliphatic heterocycles. The SMILES string of the molecule is CCN(CC(=O)NC(C)(C)C)c1ccc([N+](=O)[O-])cc1Br. The molecule has 0 fully saturated rings. The zero-order chi connectivity index (χ0) is 16.2. The van der Waals surface area contributed by atoms with Gasteiger partial charge in [0, 0.05) is 28.7 Å². The maximum absolute atomic E-state index is 12.0. The molecule has 0 aliphatic rings. The molecule has 1 amide bonds. The van der Waals surface area contributed by atoms with Gasteiger partial charge >= 0.3 is 0 Å². The van der Waals surface area contributed by atoms with Crippen LogP contribution in [0.15, 0.2) is 22.7 Å². The Bertz CT molecular complexity index is 541. The van der Waals surface area contributed by atoms with E-state index in [0.29, 0.717) is 11.0 Å². The number of hydrogen-bond donors (Lipinski definition) is 1. The number of nitro groups is 1. The summed E-state index contributed by atoms with van der Waals surface area (Å²) in [7, 11) is 0. The third-order valence-electron chi connectivity index (χ3n) is 2.71. The smallest absolute Gasteiger partial charge is 0.270 e. The second kappa shape index (κ2) is 6.89. The normalized spacial score (nSPS) is 11.1. The lowest BCUT2D eigenvalue weighted by Gasteiger charge is -2.27. The Morgan fingerprint density at radius 2 is 2.05 bits per heavy atom. The van der Waals surface area contributed by atoms with Crippen molar-refractivity contribution >= 4 is 33.2 Å². The van der Waals surface area contributed by atoms with E-state index in [1.165, 1.54) is 12.1 Å². The number of carbonyl (C=O) groups excluding carboxylic acids is 1. The summed E-state index contributed by atoms with van der Waals surface area (Å²) in [5.74, 6) is -0.0883. The number of halogens is 1. The van der Waals surface area contributed by atoms with Crippen LogP contribution in [0.5, 0.6) is 0 Å². The molecule has 0 saturated heterocycles. The third kappa shape index (κ3) is 5.34. The van der Waals surface area contributed by atoms with Crippen LogP contribution in [0.25, 0.3) is 0 Å². The van der Waals surface area contributed by atoms with Crippen molar-refractivity contribution in [3.05, 3.63) is 32.8 Å². The first-order valence-corrected chi connectivity index (χ1v) is 7.43. The van der Waals surface area contributed by atoms with Crippen LogP contribution in [0.2, 0.25) is 0 Å². The first-order chi connectivity index (χ1) is 9.64. The number of benzene rings is 1. The third-order valence-corrected chi connectivity index (χ3v) is 3.35. The molecule has 6 nitrogen and oxygen atoms in total. The minimum Gasteiger partial charge on any atom is -0.362 e.